The molecule has 3 heterocycles. The van der Waals surface area contributed by atoms with Crippen molar-refractivity contribution in [1.82, 2.24) is 20.1 Å². The molecule has 1 saturated carbocycles. The van der Waals surface area contributed by atoms with Crippen molar-refractivity contribution in [2.24, 2.45) is 0 Å². The maximum atomic E-state index is 13.5. The van der Waals surface area contributed by atoms with Gasteiger partial charge in [-0.15, -0.1) is 32.9 Å². The molecule has 3 aromatic rings. The molecule has 1 fully saturated rings. The Bertz CT molecular complexity index is 1360. The highest BCUT2D eigenvalue weighted by Crippen LogP contribution is 2.39. The van der Waals surface area contributed by atoms with Crippen molar-refractivity contribution in [3.05, 3.63) is 44.2 Å². The number of fused-ring (bicyclic) bond motifs is 1. The fraction of sp³-hybridized carbons (Fsp3) is 0.552. The number of thiophene rings is 2. The molecular formula is C29H37N5O4S3. The summed E-state index contributed by atoms with van der Waals surface area (Å²) in [5.74, 6) is 0.00638. The van der Waals surface area contributed by atoms with Gasteiger partial charge in [0.15, 0.2) is 11.0 Å². The number of aromatic nitrogens is 3. The fourth-order valence-corrected chi connectivity index (χ4v) is 8.40. The third kappa shape index (κ3) is 7.03. The number of ether oxygens (including phenoxy) is 1. The third-order valence-corrected chi connectivity index (χ3v) is 10.7. The Balaban J connectivity index is 1.33. The zero-order valence-electron chi connectivity index (χ0n) is 23.6. The summed E-state index contributed by atoms with van der Waals surface area (Å²) in [7, 11) is 0. The van der Waals surface area contributed by atoms with Crippen LogP contribution >= 0.6 is 34.4 Å². The van der Waals surface area contributed by atoms with Crippen molar-refractivity contribution < 1.29 is 19.1 Å². The van der Waals surface area contributed by atoms with Gasteiger partial charge in [-0.3, -0.25) is 9.59 Å². The number of thioether (sulfide) groups is 1. The van der Waals surface area contributed by atoms with E-state index < -0.39 is 5.25 Å². The van der Waals surface area contributed by atoms with Crippen molar-refractivity contribution in [2.75, 3.05) is 11.9 Å². The van der Waals surface area contributed by atoms with Gasteiger partial charge < -0.3 is 19.9 Å². The molecule has 41 heavy (non-hydrogen) atoms. The van der Waals surface area contributed by atoms with Crippen LogP contribution < -0.4 is 10.6 Å². The Morgan fingerprint density at radius 1 is 1.12 bits per heavy atom. The number of hydrogen-bond acceptors (Lipinski definition) is 9. The van der Waals surface area contributed by atoms with E-state index in [1.807, 2.05) is 18.4 Å². The number of carbonyl (C=O) groups is 3. The van der Waals surface area contributed by atoms with Gasteiger partial charge >= 0.3 is 5.97 Å². The molecule has 9 nitrogen and oxygen atoms in total. The topological polar surface area (TPSA) is 115 Å². The zero-order valence-corrected chi connectivity index (χ0v) is 26.0. The average Bonchev–Trinajstić information content (AvgIpc) is 3.69. The highest BCUT2D eigenvalue weighted by molar-refractivity contribution is 8.00. The standard InChI is InChI=1S/C29H37N5O4S3/c1-3-38-28(37)24-20-13-8-5-9-14-21(20)41-27(24)31-25(35)18(2)40-29-33-32-23(34(29)19-11-6-4-7-12-19)17-30-26(36)22-15-10-16-39-22/h10,15-16,18-19H,3-9,11-14,17H2,1-2H3,(H,30,36)(H,31,35)/t18-/m1/s1. The highest BCUT2D eigenvalue weighted by atomic mass is 32.2. The van der Waals surface area contributed by atoms with Crippen molar-refractivity contribution in [2.45, 2.75) is 101 Å². The van der Waals surface area contributed by atoms with Crippen LogP contribution in [0.4, 0.5) is 5.00 Å². The van der Waals surface area contributed by atoms with E-state index in [1.165, 1.54) is 45.7 Å². The summed E-state index contributed by atoms with van der Waals surface area (Å²) in [4.78, 5) is 40.8. The molecule has 0 saturated heterocycles. The minimum Gasteiger partial charge on any atom is -0.462 e. The lowest BCUT2D eigenvalue weighted by Gasteiger charge is -2.26. The molecule has 0 spiro atoms. The molecule has 2 aliphatic carbocycles. The van der Waals surface area contributed by atoms with Crippen LogP contribution in [0.1, 0.15) is 108 Å². The Morgan fingerprint density at radius 2 is 1.90 bits per heavy atom. The van der Waals surface area contributed by atoms with Crippen molar-refractivity contribution in [1.29, 1.82) is 0 Å². The molecule has 2 amide bonds. The zero-order chi connectivity index (χ0) is 28.8. The predicted octanol–water partition coefficient (Wildman–Crippen LogP) is 6.40. The lowest BCUT2D eigenvalue weighted by Crippen LogP contribution is -2.26. The smallest absolute Gasteiger partial charge is 0.341 e. The molecule has 220 valence electrons. The summed E-state index contributed by atoms with van der Waals surface area (Å²) in [6.07, 6.45) is 10.5. The Labute approximate surface area is 252 Å². The van der Waals surface area contributed by atoms with Gasteiger partial charge in [0.1, 0.15) is 5.00 Å². The molecule has 0 unspecified atom stereocenters. The van der Waals surface area contributed by atoms with Gasteiger partial charge in [0.25, 0.3) is 5.91 Å². The van der Waals surface area contributed by atoms with Crippen molar-refractivity contribution in [3.8, 4) is 0 Å². The second-order valence-corrected chi connectivity index (χ2v) is 13.8. The van der Waals surface area contributed by atoms with Gasteiger partial charge in [0.05, 0.1) is 28.8 Å². The largest absolute Gasteiger partial charge is 0.462 e. The quantitative estimate of drug-likeness (QED) is 0.154. The number of rotatable bonds is 10. The van der Waals surface area contributed by atoms with E-state index in [4.69, 9.17) is 4.74 Å². The summed E-state index contributed by atoms with van der Waals surface area (Å²) in [6, 6.07) is 3.88. The van der Waals surface area contributed by atoms with Crippen LogP contribution in [0.15, 0.2) is 22.7 Å². The number of hydrogen-bond donors (Lipinski definition) is 2. The van der Waals surface area contributed by atoms with E-state index in [9.17, 15) is 14.4 Å². The van der Waals surface area contributed by atoms with Crippen LogP contribution in [0.2, 0.25) is 0 Å². The molecule has 3 aromatic heterocycles. The third-order valence-electron chi connectivity index (χ3n) is 7.62. The molecule has 0 aliphatic heterocycles. The summed E-state index contributed by atoms with van der Waals surface area (Å²) in [5.41, 5.74) is 1.56. The van der Waals surface area contributed by atoms with E-state index in [0.29, 0.717) is 26.4 Å². The van der Waals surface area contributed by atoms with E-state index in [-0.39, 0.29) is 37.0 Å². The molecule has 2 N–H and O–H groups in total. The first-order valence-electron chi connectivity index (χ1n) is 14.5. The van der Waals surface area contributed by atoms with Crippen LogP contribution in [-0.4, -0.2) is 44.4 Å². The Morgan fingerprint density at radius 3 is 2.66 bits per heavy atom. The minimum absolute atomic E-state index is 0.133. The first-order chi connectivity index (χ1) is 20.0. The normalized spacial score (nSPS) is 16.4. The SMILES string of the molecule is CCOC(=O)c1c(NC(=O)[C@@H](C)Sc2nnc(CNC(=O)c3cccs3)n2C2CCCCC2)sc2c1CCCCC2. The molecule has 0 bridgehead atoms. The number of esters is 1. The first-order valence-corrected chi connectivity index (χ1v) is 17.1. The first kappa shape index (κ1) is 29.8. The van der Waals surface area contributed by atoms with Crippen LogP contribution in [0.5, 0.6) is 0 Å². The summed E-state index contributed by atoms with van der Waals surface area (Å²) >= 11 is 4.27. The number of amides is 2. The summed E-state index contributed by atoms with van der Waals surface area (Å²) < 4.78 is 7.51. The summed E-state index contributed by atoms with van der Waals surface area (Å²) in [5, 5.41) is 17.6. The van der Waals surface area contributed by atoms with Gasteiger partial charge in [-0.05, 0) is 69.4 Å². The van der Waals surface area contributed by atoms with Gasteiger partial charge in [0, 0.05) is 10.9 Å². The molecule has 0 aromatic carbocycles. The number of carbonyl (C=O) groups excluding carboxylic acids is 3. The van der Waals surface area contributed by atoms with Crippen molar-refractivity contribution >= 4 is 57.2 Å². The second-order valence-electron chi connectivity index (χ2n) is 10.5. The molecular weight excluding hydrogens is 579 g/mol. The predicted molar refractivity (Wildman–Crippen MR) is 163 cm³/mol. The number of nitrogens with one attached hydrogen (secondary N) is 2. The monoisotopic (exact) mass is 615 g/mol. The Kier molecular flexibility index (Phi) is 10.2. The highest BCUT2D eigenvalue weighted by Gasteiger charge is 2.30. The average molecular weight is 616 g/mol. The van der Waals surface area contributed by atoms with Gasteiger partial charge in [-0.1, -0.05) is 43.5 Å². The molecule has 12 heteroatoms. The number of anilines is 1. The minimum atomic E-state index is -0.480. The lowest BCUT2D eigenvalue weighted by atomic mass is 9.95. The van der Waals surface area contributed by atoms with Crippen molar-refractivity contribution in [3.63, 3.8) is 0 Å². The van der Waals surface area contributed by atoms with E-state index in [0.717, 1.165) is 63.4 Å². The second kappa shape index (κ2) is 14.0. The van der Waals surface area contributed by atoms with Gasteiger partial charge in [-0.2, -0.15) is 0 Å². The number of nitrogens with zero attached hydrogens (tertiary/aromatic N) is 3. The van der Waals surface area contributed by atoms with E-state index in [1.54, 1.807) is 13.0 Å². The molecule has 1 atom stereocenters. The van der Waals surface area contributed by atoms with Crippen LogP contribution in [-0.2, 0) is 28.9 Å². The molecule has 0 radical (unpaired) electrons. The van der Waals surface area contributed by atoms with Crippen LogP contribution in [0.3, 0.4) is 0 Å². The Hall–Kier alpha value is -2.70. The van der Waals surface area contributed by atoms with Crippen LogP contribution in [0.25, 0.3) is 0 Å². The summed E-state index contributed by atoms with van der Waals surface area (Å²) in [6.45, 7) is 4.20. The number of aryl methyl sites for hydroxylation is 1. The molecule has 2 aliphatic rings. The maximum Gasteiger partial charge on any atom is 0.341 e. The molecule has 5 rings (SSSR count). The van der Waals surface area contributed by atoms with E-state index >= 15 is 0 Å². The lowest BCUT2D eigenvalue weighted by molar-refractivity contribution is -0.115. The maximum absolute atomic E-state index is 13.5. The van der Waals surface area contributed by atoms with Gasteiger partial charge in [-0.25, -0.2) is 4.79 Å². The van der Waals surface area contributed by atoms with E-state index in [2.05, 4.69) is 25.4 Å². The fourth-order valence-electron chi connectivity index (χ4n) is 5.54. The van der Waals surface area contributed by atoms with Gasteiger partial charge in [0.2, 0.25) is 5.91 Å². The van der Waals surface area contributed by atoms with Crippen LogP contribution in [0, 0.1) is 0 Å².